The van der Waals surface area contributed by atoms with Gasteiger partial charge in [0.2, 0.25) is 11.9 Å². The van der Waals surface area contributed by atoms with Crippen LogP contribution in [-0.4, -0.2) is 28.2 Å². The molecule has 1 fully saturated rings. The average molecular weight is 176 g/mol. The molecule has 5 heteroatoms. The van der Waals surface area contributed by atoms with Gasteiger partial charge >= 0.3 is 0 Å². The van der Waals surface area contributed by atoms with Crippen molar-refractivity contribution in [2.45, 2.75) is 24.6 Å². The number of nitro groups is 1. The van der Waals surface area contributed by atoms with E-state index in [1.165, 1.54) is 6.42 Å². The first kappa shape index (κ1) is 8.80. The maximum atomic E-state index is 10.2. The Balaban J connectivity index is 2.35. The van der Waals surface area contributed by atoms with E-state index in [0.29, 0.717) is 0 Å². The number of piperidine rings is 1. The highest BCUT2D eigenvalue weighted by Gasteiger charge is 2.25. The summed E-state index contributed by atoms with van der Waals surface area (Å²) in [5.74, 6) is 0. The van der Waals surface area contributed by atoms with Crippen LogP contribution in [0.25, 0.3) is 0 Å². The molecule has 0 aromatic heterocycles. The van der Waals surface area contributed by atoms with Crippen molar-refractivity contribution in [2.24, 2.45) is 0 Å². The fraction of sp³-hybridized carbons (Fsp3) is 1.00. The Morgan fingerprint density at radius 3 is 2.91 bits per heavy atom. The van der Waals surface area contributed by atoms with Crippen molar-refractivity contribution in [3.63, 3.8) is 0 Å². The van der Waals surface area contributed by atoms with Crippen molar-refractivity contribution in [3.8, 4) is 0 Å². The lowest BCUT2D eigenvalue weighted by molar-refractivity contribution is -0.286. The quantitative estimate of drug-likeness (QED) is 0.362. The van der Waals surface area contributed by atoms with Gasteiger partial charge in [-0.1, -0.05) is 0 Å². The van der Waals surface area contributed by atoms with Gasteiger partial charge in [0.15, 0.2) is 0 Å². The minimum absolute atomic E-state index is 0.0961. The van der Waals surface area contributed by atoms with E-state index >= 15 is 0 Å². The van der Waals surface area contributed by atoms with Gasteiger partial charge in [0, 0.05) is 0 Å². The van der Waals surface area contributed by atoms with Crippen LogP contribution in [0.3, 0.4) is 0 Å². The molecule has 1 unspecified atom stereocenters. The molecule has 0 aromatic rings. The Hall–Kier alpha value is -0.290. The molecule has 1 heterocycles. The highest BCUT2D eigenvalue weighted by molar-refractivity contribution is 7.93. The summed E-state index contributed by atoms with van der Waals surface area (Å²) in [6.45, 7) is 0.992. The topological polar surface area (TPSA) is 46.4 Å². The van der Waals surface area contributed by atoms with Crippen LogP contribution in [0.1, 0.15) is 19.3 Å². The number of hydrogen-bond donors (Lipinski definition) is 0. The zero-order valence-electron chi connectivity index (χ0n) is 6.52. The van der Waals surface area contributed by atoms with Gasteiger partial charge in [0.25, 0.3) is 0 Å². The molecular weight excluding hydrogens is 164 g/mol. The maximum Gasteiger partial charge on any atom is 0.247 e. The molecule has 0 aromatic carbocycles. The van der Waals surface area contributed by atoms with E-state index in [0.717, 1.165) is 31.3 Å². The molecule has 0 spiro atoms. The smallest absolute Gasteiger partial charge is 0.247 e. The van der Waals surface area contributed by atoms with Crippen LogP contribution in [0.2, 0.25) is 0 Å². The van der Waals surface area contributed by atoms with Crippen molar-refractivity contribution in [2.75, 3.05) is 13.6 Å². The Morgan fingerprint density at radius 2 is 2.36 bits per heavy atom. The number of hydrogen-bond acceptors (Lipinski definition) is 4. The van der Waals surface area contributed by atoms with E-state index in [9.17, 15) is 10.1 Å². The number of nitrogens with zero attached hydrogens (tertiary/aromatic N) is 2. The summed E-state index contributed by atoms with van der Waals surface area (Å²) in [4.78, 5) is 12.2. The summed E-state index contributed by atoms with van der Waals surface area (Å²) in [7, 11) is 1.94. The molecular formula is C6H12N2O2S. The van der Waals surface area contributed by atoms with Gasteiger partial charge in [0.1, 0.15) is 9.70 Å². The van der Waals surface area contributed by atoms with Crippen LogP contribution in [0, 0.1) is 10.1 Å². The zero-order valence-corrected chi connectivity index (χ0v) is 7.34. The molecule has 0 aliphatic carbocycles. The molecule has 1 rings (SSSR count). The second-order valence-electron chi connectivity index (χ2n) is 2.76. The minimum atomic E-state index is -0.299. The molecule has 64 valence electrons. The standard InChI is InChI=1S/C6H12N2O2S/c1-7-5-3-2-4-6(7)11-8(9)10/h6H,2-5H2,1H3. The van der Waals surface area contributed by atoms with Crippen molar-refractivity contribution >= 4 is 11.9 Å². The van der Waals surface area contributed by atoms with Crippen LogP contribution in [0.4, 0.5) is 0 Å². The molecule has 0 bridgehead atoms. The summed E-state index contributed by atoms with van der Waals surface area (Å²) < 4.78 is -0.299. The zero-order chi connectivity index (χ0) is 8.27. The van der Waals surface area contributed by atoms with Crippen LogP contribution in [-0.2, 0) is 0 Å². The van der Waals surface area contributed by atoms with E-state index in [1.807, 2.05) is 7.05 Å². The van der Waals surface area contributed by atoms with Crippen molar-refractivity contribution in [1.29, 1.82) is 0 Å². The first-order valence-electron chi connectivity index (χ1n) is 3.71. The predicted molar refractivity (Wildman–Crippen MR) is 44.9 cm³/mol. The third-order valence-electron chi connectivity index (χ3n) is 1.91. The Labute approximate surface area is 70.2 Å². The molecule has 0 saturated carbocycles. The largest absolute Gasteiger partial charge is 0.289 e. The van der Waals surface area contributed by atoms with Gasteiger partial charge in [-0.15, -0.1) is 0 Å². The summed E-state index contributed by atoms with van der Waals surface area (Å²) in [5.41, 5.74) is 0. The Kier molecular flexibility index (Phi) is 3.14. The summed E-state index contributed by atoms with van der Waals surface area (Å²) >= 11 is 0.832. The predicted octanol–water partition coefficient (Wildman–Crippen LogP) is 1.35. The van der Waals surface area contributed by atoms with Crippen molar-refractivity contribution < 1.29 is 4.33 Å². The Bertz CT molecular complexity index is 154. The number of likely N-dealkylation sites (tertiary alicyclic amines) is 1. The summed E-state index contributed by atoms with van der Waals surface area (Å²) in [6, 6.07) is 0. The third kappa shape index (κ3) is 2.67. The first-order chi connectivity index (χ1) is 5.20. The normalized spacial score (nSPS) is 26.8. The van der Waals surface area contributed by atoms with Gasteiger partial charge in [-0.3, -0.25) is 15.0 Å². The third-order valence-corrected chi connectivity index (χ3v) is 2.92. The SMILES string of the molecule is CN1CCCCC1S[N+](=O)[O-]. The van der Waals surface area contributed by atoms with E-state index in [1.54, 1.807) is 0 Å². The van der Waals surface area contributed by atoms with Gasteiger partial charge in [-0.25, -0.2) is 0 Å². The summed E-state index contributed by atoms with van der Waals surface area (Å²) in [5, 5.41) is 10.3. The maximum absolute atomic E-state index is 10.2. The van der Waals surface area contributed by atoms with Gasteiger partial charge in [0.05, 0.1) is 0 Å². The van der Waals surface area contributed by atoms with Crippen LogP contribution in [0.5, 0.6) is 0 Å². The average Bonchev–Trinajstić information content (AvgIpc) is 1.93. The van der Waals surface area contributed by atoms with Crippen molar-refractivity contribution in [1.82, 2.24) is 4.90 Å². The molecule has 1 atom stereocenters. The van der Waals surface area contributed by atoms with Crippen LogP contribution >= 0.6 is 11.9 Å². The lowest BCUT2D eigenvalue weighted by atomic mass is 10.1. The minimum Gasteiger partial charge on any atom is -0.289 e. The van der Waals surface area contributed by atoms with Crippen LogP contribution < -0.4 is 0 Å². The Morgan fingerprint density at radius 1 is 1.64 bits per heavy atom. The lowest BCUT2D eigenvalue weighted by Gasteiger charge is -2.27. The van der Waals surface area contributed by atoms with Gasteiger partial charge < -0.3 is 0 Å². The van der Waals surface area contributed by atoms with E-state index in [2.05, 4.69) is 4.90 Å². The molecule has 1 aliphatic rings. The molecule has 1 saturated heterocycles. The fourth-order valence-electron chi connectivity index (χ4n) is 1.28. The second kappa shape index (κ2) is 3.92. The lowest BCUT2D eigenvalue weighted by Crippen LogP contribution is -2.34. The molecule has 4 nitrogen and oxygen atoms in total. The molecule has 0 amide bonds. The van der Waals surface area contributed by atoms with E-state index in [4.69, 9.17) is 0 Å². The first-order valence-corrected chi connectivity index (χ1v) is 4.55. The molecule has 1 aliphatic heterocycles. The van der Waals surface area contributed by atoms with Crippen molar-refractivity contribution in [3.05, 3.63) is 10.1 Å². The van der Waals surface area contributed by atoms with E-state index in [-0.39, 0.29) is 9.70 Å². The monoisotopic (exact) mass is 176 g/mol. The molecule has 0 radical (unpaired) electrons. The number of rotatable bonds is 2. The summed E-state index contributed by atoms with van der Waals surface area (Å²) in [6.07, 6.45) is 3.24. The highest BCUT2D eigenvalue weighted by atomic mass is 32.2. The second-order valence-corrected chi connectivity index (χ2v) is 3.81. The van der Waals surface area contributed by atoms with E-state index < -0.39 is 0 Å². The van der Waals surface area contributed by atoms with Gasteiger partial charge in [-0.05, 0) is 32.9 Å². The van der Waals surface area contributed by atoms with Gasteiger partial charge in [-0.2, -0.15) is 0 Å². The fourth-order valence-corrected chi connectivity index (χ4v) is 2.01. The highest BCUT2D eigenvalue weighted by Crippen LogP contribution is 2.24. The van der Waals surface area contributed by atoms with Crippen LogP contribution in [0.15, 0.2) is 0 Å². The molecule has 0 N–H and O–H groups in total. The molecule has 11 heavy (non-hydrogen) atoms.